The molecule has 0 saturated heterocycles. The maximum atomic E-state index is 11.7. The van der Waals surface area contributed by atoms with E-state index in [9.17, 15) is 9.59 Å². The molecule has 0 amide bonds. The lowest BCUT2D eigenvalue weighted by Gasteiger charge is -2.33. The van der Waals surface area contributed by atoms with Gasteiger partial charge in [-0.1, -0.05) is 51.3 Å². The number of benzene rings is 2. The molecule has 2 aromatic rings. The van der Waals surface area contributed by atoms with Gasteiger partial charge in [-0.2, -0.15) is 0 Å². The van der Waals surface area contributed by atoms with Gasteiger partial charge in [0.1, 0.15) is 11.5 Å². The molecule has 0 aliphatic heterocycles. The molecule has 0 fully saturated rings. The van der Waals surface area contributed by atoms with Crippen molar-refractivity contribution < 1.29 is 19.1 Å². The van der Waals surface area contributed by atoms with E-state index in [1.54, 1.807) is 38.1 Å². The lowest BCUT2D eigenvalue weighted by molar-refractivity contribution is -0.130. The summed E-state index contributed by atoms with van der Waals surface area (Å²) in [5.74, 6) is 0.111. The van der Waals surface area contributed by atoms with Crippen LogP contribution in [0.25, 0.3) is 0 Å². The molecule has 0 atom stereocenters. The fourth-order valence-corrected chi connectivity index (χ4v) is 3.31. The van der Waals surface area contributed by atoms with Gasteiger partial charge in [-0.25, -0.2) is 9.59 Å². The third-order valence-corrected chi connectivity index (χ3v) is 5.14. The molecule has 2 rings (SSSR count). The minimum atomic E-state index is -0.435. The highest BCUT2D eigenvalue weighted by Crippen LogP contribution is 2.40. The first-order valence-electron chi connectivity index (χ1n) is 9.70. The number of carbonyl (C=O) groups is 2. The number of carbonyl (C=O) groups excluding carboxylic acids is 2. The standard InChI is InChI=1S/C25H28O4/c1-7-25(8-2,19-9-13-21(14-10-19)28-23(26)17(3)4)20-11-15-22(16-12-20)29-24(27)18(5)6/h9-16H,3,5,7-8H2,1-2,4,6H3. The van der Waals surface area contributed by atoms with Crippen LogP contribution in [-0.4, -0.2) is 11.9 Å². The summed E-state index contributed by atoms with van der Waals surface area (Å²) in [5.41, 5.74) is 2.78. The summed E-state index contributed by atoms with van der Waals surface area (Å²) >= 11 is 0. The largest absolute Gasteiger partial charge is 0.423 e. The molecule has 2 aromatic carbocycles. The Balaban J connectivity index is 2.31. The van der Waals surface area contributed by atoms with Crippen molar-refractivity contribution in [2.75, 3.05) is 0 Å². The zero-order valence-electron chi connectivity index (χ0n) is 17.6. The molecule has 0 aliphatic rings. The number of rotatable bonds is 8. The molecule has 0 radical (unpaired) electrons. The van der Waals surface area contributed by atoms with Crippen molar-refractivity contribution in [3.63, 3.8) is 0 Å². The molecule has 0 heterocycles. The molecule has 0 spiro atoms. The SMILES string of the molecule is C=C(C)C(=O)Oc1ccc(C(CC)(CC)c2ccc(OC(=O)C(=C)C)cc2)cc1. The van der Waals surface area contributed by atoms with Gasteiger partial charge in [-0.15, -0.1) is 0 Å². The Labute approximate surface area is 172 Å². The molecule has 0 aromatic heterocycles. The molecule has 152 valence electrons. The predicted molar refractivity (Wildman–Crippen MR) is 115 cm³/mol. The average molecular weight is 392 g/mol. The molecule has 0 unspecified atom stereocenters. The minimum Gasteiger partial charge on any atom is -0.423 e. The van der Waals surface area contributed by atoms with Crippen molar-refractivity contribution in [3.05, 3.63) is 84.0 Å². The molecule has 0 saturated carbocycles. The summed E-state index contributed by atoms with van der Waals surface area (Å²) < 4.78 is 10.6. The van der Waals surface area contributed by atoms with E-state index in [0.29, 0.717) is 22.6 Å². The van der Waals surface area contributed by atoms with Gasteiger partial charge in [0.25, 0.3) is 0 Å². The molecule has 4 nitrogen and oxygen atoms in total. The van der Waals surface area contributed by atoms with Gasteiger partial charge >= 0.3 is 11.9 Å². The van der Waals surface area contributed by atoms with Gasteiger partial charge in [0.05, 0.1) is 0 Å². The number of hydrogen-bond donors (Lipinski definition) is 0. The van der Waals surface area contributed by atoms with Crippen molar-refractivity contribution in [2.45, 2.75) is 46.0 Å². The molecule has 0 bridgehead atoms. The number of esters is 2. The van der Waals surface area contributed by atoms with Gasteiger partial charge in [0, 0.05) is 16.6 Å². The van der Waals surface area contributed by atoms with Crippen LogP contribution in [0.3, 0.4) is 0 Å². The highest BCUT2D eigenvalue weighted by molar-refractivity contribution is 5.89. The van der Waals surface area contributed by atoms with E-state index in [4.69, 9.17) is 9.47 Å². The summed E-state index contributed by atoms with van der Waals surface area (Å²) in [6, 6.07) is 15.2. The molecule has 29 heavy (non-hydrogen) atoms. The zero-order chi connectivity index (χ0) is 21.6. The number of ether oxygens (including phenoxy) is 2. The van der Waals surface area contributed by atoms with Crippen LogP contribution in [0.5, 0.6) is 11.5 Å². The first-order chi connectivity index (χ1) is 13.7. The average Bonchev–Trinajstić information content (AvgIpc) is 2.71. The molecular weight excluding hydrogens is 364 g/mol. The fourth-order valence-electron chi connectivity index (χ4n) is 3.31. The third kappa shape index (κ3) is 5.02. The molecule has 4 heteroatoms. The van der Waals surface area contributed by atoms with Crippen molar-refractivity contribution >= 4 is 11.9 Å². The lowest BCUT2D eigenvalue weighted by atomic mass is 9.70. The van der Waals surface area contributed by atoms with E-state index < -0.39 is 11.9 Å². The maximum absolute atomic E-state index is 11.7. The van der Waals surface area contributed by atoms with E-state index in [1.165, 1.54) is 0 Å². The summed E-state index contributed by atoms with van der Waals surface area (Å²) in [6.07, 6.45) is 1.78. The van der Waals surface area contributed by atoms with Crippen molar-refractivity contribution in [1.82, 2.24) is 0 Å². The van der Waals surface area contributed by atoms with Crippen LogP contribution in [-0.2, 0) is 15.0 Å². The minimum absolute atomic E-state index is 0.201. The van der Waals surface area contributed by atoms with Crippen LogP contribution in [0, 0.1) is 0 Å². The normalized spacial score (nSPS) is 10.9. The van der Waals surface area contributed by atoms with Crippen LogP contribution in [0.15, 0.2) is 72.8 Å². The van der Waals surface area contributed by atoms with E-state index in [1.807, 2.05) is 24.3 Å². The molecular formula is C25H28O4. The zero-order valence-corrected chi connectivity index (χ0v) is 17.6. The van der Waals surface area contributed by atoms with E-state index >= 15 is 0 Å². The number of hydrogen-bond acceptors (Lipinski definition) is 4. The van der Waals surface area contributed by atoms with Crippen LogP contribution >= 0.6 is 0 Å². The van der Waals surface area contributed by atoms with Gasteiger partial charge < -0.3 is 9.47 Å². The highest BCUT2D eigenvalue weighted by atomic mass is 16.5. The van der Waals surface area contributed by atoms with E-state index in [0.717, 1.165) is 24.0 Å². The van der Waals surface area contributed by atoms with Crippen molar-refractivity contribution in [3.8, 4) is 11.5 Å². The van der Waals surface area contributed by atoms with Crippen LogP contribution < -0.4 is 9.47 Å². The Kier molecular flexibility index (Phi) is 7.16. The first kappa shape index (κ1) is 22.2. The Bertz CT molecular complexity index is 827. The summed E-state index contributed by atoms with van der Waals surface area (Å²) in [6.45, 7) is 14.7. The maximum Gasteiger partial charge on any atom is 0.338 e. The van der Waals surface area contributed by atoms with Crippen molar-refractivity contribution in [1.29, 1.82) is 0 Å². The van der Waals surface area contributed by atoms with E-state index in [-0.39, 0.29) is 5.41 Å². The Morgan fingerprint density at radius 3 is 1.28 bits per heavy atom. The highest BCUT2D eigenvalue weighted by Gasteiger charge is 2.30. The fraction of sp³-hybridized carbons (Fsp3) is 0.280. The second-order valence-corrected chi connectivity index (χ2v) is 7.18. The Morgan fingerprint density at radius 2 is 1.03 bits per heavy atom. The molecule has 0 N–H and O–H groups in total. The third-order valence-electron chi connectivity index (χ3n) is 5.14. The smallest absolute Gasteiger partial charge is 0.338 e. The molecule has 0 aliphatic carbocycles. The predicted octanol–water partition coefficient (Wildman–Crippen LogP) is 5.76. The van der Waals surface area contributed by atoms with Crippen LogP contribution in [0.2, 0.25) is 0 Å². The monoisotopic (exact) mass is 392 g/mol. The van der Waals surface area contributed by atoms with Crippen LogP contribution in [0.4, 0.5) is 0 Å². The quantitative estimate of drug-likeness (QED) is 0.326. The Morgan fingerprint density at radius 1 is 0.724 bits per heavy atom. The second kappa shape index (κ2) is 9.37. The van der Waals surface area contributed by atoms with Crippen LogP contribution in [0.1, 0.15) is 51.7 Å². The summed E-state index contributed by atoms with van der Waals surface area (Å²) in [7, 11) is 0. The van der Waals surface area contributed by atoms with Gasteiger partial charge in [0.15, 0.2) is 0 Å². The Hall–Kier alpha value is -3.14. The van der Waals surface area contributed by atoms with Gasteiger partial charge in [-0.05, 0) is 62.1 Å². The summed E-state index contributed by atoms with van der Waals surface area (Å²) in [5, 5.41) is 0. The van der Waals surface area contributed by atoms with E-state index in [2.05, 4.69) is 27.0 Å². The first-order valence-corrected chi connectivity index (χ1v) is 9.70. The topological polar surface area (TPSA) is 52.6 Å². The lowest BCUT2D eigenvalue weighted by Crippen LogP contribution is -2.26. The second-order valence-electron chi connectivity index (χ2n) is 7.18. The van der Waals surface area contributed by atoms with Gasteiger partial charge in [0.2, 0.25) is 0 Å². The summed E-state index contributed by atoms with van der Waals surface area (Å²) in [4.78, 5) is 23.4. The van der Waals surface area contributed by atoms with Gasteiger partial charge in [-0.3, -0.25) is 0 Å². The van der Waals surface area contributed by atoms with Crippen molar-refractivity contribution in [2.24, 2.45) is 0 Å².